The zero-order valence-corrected chi connectivity index (χ0v) is 23.7. The van der Waals surface area contributed by atoms with Gasteiger partial charge in [0.25, 0.3) is 0 Å². The van der Waals surface area contributed by atoms with Crippen molar-refractivity contribution in [3.63, 3.8) is 0 Å². The quantitative estimate of drug-likeness (QED) is 0.147. The monoisotopic (exact) mass is 558 g/mol. The average molecular weight is 559 g/mol. The van der Waals surface area contributed by atoms with Crippen molar-refractivity contribution in [3.05, 3.63) is 59.7 Å². The number of carboxylic acid groups (broad SMARTS) is 1. The van der Waals surface area contributed by atoms with E-state index in [2.05, 4.69) is 10.6 Å². The Morgan fingerprint density at radius 2 is 1.50 bits per heavy atom. The Morgan fingerprint density at radius 3 is 2.02 bits per heavy atom. The molecule has 0 heterocycles. The van der Waals surface area contributed by atoms with Crippen molar-refractivity contribution in [3.8, 4) is 0 Å². The predicted molar refractivity (Wildman–Crippen MR) is 154 cm³/mol. The Kier molecular flexibility index (Phi) is 14.8. The number of alkyl carbamates (subject to hydrolysis) is 1. The van der Waals surface area contributed by atoms with Gasteiger partial charge in [-0.1, -0.05) is 24.3 Å². The van der Waals surface area contributed by atoms with Gasteiger partial charge in [0.2, 0.25) is 5.91 Å². The van der Waals surface area contributed by atoms with Gasteiger partial charge in [-0.3, -0.25) is 14.4 Å². The summed E-state index contributed by atoms with van der Waals surface area (Å²) in [5, 5.41) is 14.1. The molecule has 2 aromatic carbocycles. The van der Waals surface area contributed by atoms with Gasteiger partial charge in [0.1, 0.15) is 11.6 Å². The van der Waals surface area contributed by atoms with Crippen LogP contribution in [0.4, 0.5) is 16.2 Å². The molecule has 0 aliphatic rings. The molecule has 40 heavy (non-hydrogen) atoms. The van der Waals surface area contributed by atoms with Crippen LogP contribution in [0.25, 0.3) is 0 Å². The van der Waals surface area contributed by atoms with E-state index < -0.39 is 23.7 Å². The lowest BCUT2D eigenvalue weighted by atomic mass is 10.1. The van der Waals surface area contributed by atoms with Crippen molar-refractivity contribution in [1.29, 1.82) is 0 Å². The van der Waals surface area contributed by atoms with Crippen LogP contribution in [0.5, 0.6) is 0 Å². The Labute approximate surface area is 235 Å². The molecule has 0 spiro atoms. The molecule has 0 bridgehead atoms. The zero-order valence-electron chi connectivity index (χ0n) is 23.7. The minimum absolute atomic E-state index is 0.0872. The number of hydrogen-bond acceptors (Lipinski definition) is 8. The third-order valence-corrected chi connectivity index (χ3v) is 5.16. The van der Waals surface area contributed by atoms with Gasteiger partial charge in [0.05, 0.1) is 19.4 Å². The van der Waals surface area contributed by atoms with Crippen molar-refractivity contribution in [2.45, 2.75) is 71.4 Å². The summed E-state index contributed by atoms with van der Waals surface area (Å²) in [6.45, 7) is 7.96. The number of aliphatic carboxylic acids is 1. The maximum Gasteiger partial charge on any atom is 0.408 e. The topological polar surface area (TPSA) is 183 Å². The van der Waals surface area contributed by atoms with E-state index in [1.165, 1.54) is 0 Å². The molecule has 0 aliphatic carbocycles. The van der Waals surface area contributed by atoms with Gasteiger partial charge < -0.3 is 36.7 Å². The summed E-state index contributed by atoms with van der Waals surface area (Å²) in [6.07, 6.45) is 1.42. The molecule has 0 radical (unpaired) electrons. The summed E-state index contributed by atoms with van der Waals surface area (Å²) in [7, 11) is 0. The van der Waals surface area contributed by atoms with Gasteiger partial charge >= 0.3 is 18.0 Å². The molecule has 11 heteroatoms. The fraction of sp³-hybridized carbons (Fsp3) is 0.448. The summed E-state index contributed by atoms with van der Waals surface area (Å²) in [6, 6.07) is 13.0. The first-order valence-electron chi connectivity index (χ1n) is 13.1. The zero-order chi connectivity index (χ0) is 30.1. The van der Waals surface area contributed by atoms with E-state index in [0.29, 0.717) is 49.4 Å². The highest BCUT2D eigenvalue weighted by molar-refractivity contribution is 5.96. The number of nitrogen functional groups attached to an aromatic ring is 1. The maximum atomic E-state index is 12.6. The highest BCUT2D eigenvalue weighted by Crippen LogP contribution is 2.13. The summed E-state index contributed by atoms with van der Waals surface area (Å²) in [5.74, 6) is -1.50. The molecule has 0 fully saturated rings. The average Bonchev–Trinajstić information content (AvgIpc) is 2.85. The van der Waals surface area contributed by atoms with E-state index in [1.807, 2.05) is 12.1 Å². The summed E-state index contributed by atoms with van der Waals surface area (Å²) < 4.78 is 10.0. The fourth-order valence-corrected chi connectivity index (χ4v) is 3.34. The Balaban J connectivity index is 0.000000512. The second kappa shape index (κ2) is 17.5. The molecule has 11 nitrogen and oxygen atoms in total. The van der Waals surface area contributed by atoms with Crippen LogP contribution in [-0.2, 0) is 36.7 Å². The number of esters is 1. The van der Waals surface area contributed by atoms with Crippen LogP contribution in [0.15, 0.2) is 48.5 Å². The summed E-state index contributed by atoms with van der Waals surface area (Å²) in [4.78, 5) is 46.3. The van der Waals surface area contributed by atoms with E-state index in [9.17, 15) is 19.2 Å². The summed E-state index contributed by atoms with van der Waals surface area (Å²) in [5.41, 5.74) is 13.1. The first-order chi connectivity index (χ1) is 18.8. The van der Waals surface area contributed by atoms with Crippen LogP contribution in [-0.4, -0.2) is 53.8 Å². The minimum atomic E-state index is -0.923. The Hall–Kier alpha value is -4.12. The van der Waals surface area contributed by atoms with Crippen LogP contribution in [0.2, 0.25) is 0 Å². The molecule has 0 unspecified atom stereocenters. The van der Waals surface area contributed by atoms with Crippen LogP contribution in [0.1, 0.15) is 58.1 Å². The number of anilines is 2. The Bertz CT molecular complexity index is 1080. The third kappa shape index (κ3) is 15.3. The van der Waals surface area contributed by atoms with Crippen LogP contribution >= 0.6 is 0 Å². The van der Waals surface area contributed by atoms with Gasteiger partial charge in [-0.15, -0.1) is 0 Å². The van der Waals surface area contributed by atoms with E-state index in [-0.39, 0.29) is 18.3 Å². The number of nitrogens with two attached hydrogens (primary N) is 2. The second-order valence-electron chi connectivity index (χ2n) is 9.96. The van der Waals surface area contributed by atoms with E-state index in [1.54, 1.807) is 64.1 Å². The van der Waals surface area contributed by atoms with Crippen molar-refractivity contribution in [2.75, 3.05) is 24.2 Å². The second-order valence-corrected chi connectivity index (χ2v) is 9.96. The van der Waals surface area contributed by atoms with Crippen molar-refractivity contribution < 1.29 is 33.8 Å². The molecule has 1 atom stereocenters. The molecular weight excluding hydrogens is 516 g/mol. The predicted octanol–water partition coefficient (Wildman–Crippen LogP) is 3.65. The largest absolute Gasteiger partial charge is 0.481 e. The van der Waals surface area contributed by atoms with Crippen molar-refractivity contribution in [2.24, 2.45) is 5.73 Å². The SMILES string of the molecule is CC(C)(C)OC(=O)N[C@@H](CCCCN)C(=O)Nc1ccc(CC(=O)O)cc1.CCOC(=O)Cc1ccc(N)cc1. The van der Waals surface area contributed by atoms with Crippen molar-refractivity contribution >= 4 is 35.3 Å². The number of carboxylic acids is 1. The van der Waals surface area contributed by atoms with Crippen molar-refractivity contribution in [1.82, 2.24) is 5.32 Å². The molecule has 2 aromatic rings. The number of unbranched alkanes of at least 4 members (excludes halogenated alkanes) is 1. The minimum Gasteiger partial charge on any atom is -0.481 e. The van der Waals surface area contributed by atoms with Gasteiger partial charge in [0, 0.05) is 11.4 Å². The lowest BCUT2D eigenvalue weighted by molar-refractivity contribution is -0.142. The first-order valence-corrected chi connectivity index (χ1v) is 13.1. The highest BCUT2D eigenvalue weighted by atomic mass is 16.6. The number of rotatable bonds is 12. The van der Waals surface area contributed by atoms with Crippen LogP contribution in [0, 0.1) is 0 Å². The standard InChI is InChI=1S/C19H29N3O5.C10H13NO2/c1-19(2,3)27-18(26)22-15(6-4-5-11-20)17(25)21-14-9-7-13(8-10-14)12-16(23)24;1-2-13-10(12)7-8-3-5-9(11)6-4-8/h7-10,15H,4-6,11-12,20H2,1-3H3,(H,21,25)(H,22,26)(H,23,24);3-6H,2,7,11H2,1H3/t15-;/m0./s1. The molecular formula is C29H42N4O7. The molecule has 2 amide bonds. The maximum absolute atomic E-state index is 12.6. The van der Waals surface area contributed by atoms with Gasteiger partial charge in [-0.2, -0.15) is 0 Å². The van der Waals surface area contributed by atoms with Gasteiger partial charge in [0.15, 0.2) is 0 Å². The summed E-state index contributed by atoms with van der Waals surface area (Å²) >= 11 is 0. The third-order valence-electron chi connectivity index (χ3n) is 5.16. The first kappa shape index (κ1) is 33.9. The lowest BCUT2D eigenvalue weighted by Crippen LogP contribution is -2.45. The van der Waals surface area contributed by atoms with Gasteiger partial charge in [-0.25, -0.2) is 4.79 Å². The number of nitrogens with one attached hydrogen (secondary N) is 2. The number of ether oxygens (including phenoxy) is 2. The molecule has 0 aliphatic heterocycles. The lowest BCUT2D eigenvalue weighted by Gasteiger charge is -2.23. The molecule has 220 valence electrons. The number of carbonyl (C=O) groups excluding carboxylic acids is 3. The molecule has 0 saturated heterocycles. The van der Waals surface area contributed by atoms with Crippen LogP contribution in [0.3, 0.4) is 0 Å². The molecule has 0 saturated carbocycles. The van der Waals surface area contributed by atoms with Gasteiger partial charge in [-0.05, 0) is 88.9 Å². The molecule has 0 aromatic heterocycles. The molecule has 7 N–H and O–H groups in total. The number of benzene rings is 2. The van der Waals surface area contributed by atoms with E-state index in [0.717, 1.165) is 12.0 Å². The molecule has 2 rings (SSSR count). The van der Waals surface area contributed by atoms with Crippen LogP contribution < -0.4 is 22.1 Å². The highest BCUT2D eigenvalue weighted by Gasteiger charge is 2.24. The van der Waals surface area contributed by atoms with E-state index >= 15 is 0 Å². The number of hydrogen-bond donors (Lipinski definition) is 5. The fourth-order valence-electron chi connectivity index (χ4n) is 3.34. The van der Waals surface area contributed by atoms with E-state index in [4.69, 9.17) is 26.0 Å². The smallest absolute Gasteiger partial charge is 0.408 e. The normalized spacial score (nSPS) is 11.3. The number of carbonyl (C=O) groups is 4. The Morgan fingerprint density at radius 1 is 0.925 bits per heavy atom. The number of amides is 2.